The Kier molecular flexibility index (Phi) is 4.12. The second kappa shape index (κ2) is 7.63. The molecule has 0 saturated heterocycles. The first-order valence-corrected chi connectivity index (χ1v) is 14.9. The molecule has 0 aliphatic heterocycles. The van der Waals surface area contributed by atoms with E-state index in [2.05, 4.69) is 146 Å². The molecule has 1 fully saturated rings. The van der Waals surface area contributed by atoms with Crippen molar-refractivity contribution in [3.8, 4) is 0 Å². The lowest BCUT2D eigenvalue weighted by atomic mass is 9.58. The number of hydrogen-bond acceptors (Lipinski definition) is 1. The quantitative estimate of drug-likeness (QED) is 0.202. The highest BCUT2D eigenvalue weighted by Crippen LogP contribution is 2.78. The molecule has 0 unspecified atom stereocenters. The zero-order valence-corrected chi connectivity index (χ0v) is 22.9. The van der Waals surface area contributed by atoms with Gasteiger partial charge in [0.05, 0.1) is 10.8 Å². The SMILES string of the molecule is O=C1[C@]2(c3ccccc3)c3c(c4ccccc4c4ccccc34)[C@@]1(c1ccccc1)[C@H]1c3cccc4cccc(c34)[C@H]12. The highest BCUT2D eigenvalue weighted by molar-refractivity contribution is 6.25. The molecule has 1 nitrogen and oxygen atoms in total. The standard InChI is InChI=1S/C41H26O/c42-39-40(26-15-3-1-4-16-26)35-30-21-9-7-19-28(30)29-20-8-10-22-31(29)36(35)41(39,27-17-5-2-6-18-27)38-33-24-12-14-25-13-11-23-32(34(25)33)37(38)40/h1-24,37-38H/t37-,38+,40-,41+. The van der Waals surface area contributed by atoms with Gasteiger partial charge < -0.3 is 0 Å². The summed E-state index contributed by atoms with van der Waals surface area (Å²) >= 11 is 0. The van der Waals surface area contributed by atoms with Crippen LogP contribution in [0.3, 0.4) is 0 Å². The van der Waals surface area contributed by atoms with Crippen LogP contribution in [0.2, 0.25) is 0 Å². The Morgan fingerprint density at radius 2 is 0.810 bits per heavy atom. The van der Waals surface area contributed by atoms with Crippen LogP contribution in [0, 0.1) is 0 Å². The second-order valence-corrected chi connectivity index (χ2v) is 12.3. The fourth-order valence-corrected chi connectivity index (χ4v) is 9.65. The van der Waals surface area contributed by atoms with Crippen LogP contribution in [0.25, 0.3) is 32.3 Å². The Morgan fingerprint density at radius 1 is 0.405 bits per heavy atom. The van der Waals surface area contributed by atoms with Crippen molar-refractivity contribution in [3.63, 3.8) is 0 Å². The minimum absolute atomic E-state index is 0.00854. The number of rotatable bonds is 2. The first-order valence-electron chi connectivity index (χ1n) is 14.9. The largest absolute Gasteiger partial charge is 0.297 e. The van der Waals surface area contributed by atoms with Crippen LogP contribution in [0.5, 0.6) is 0 Å². The molecule has 3 aliphatic carbocycles. The molecule has 2 bridgehead atoms. The lowest BCUT2D eigenvalue weighted by Crippen LogP contribution is -2.37. The van der Waals surface area contributed by atoms with Crippen LogP contribution in [0.4, 0.5) is 0 Å². The van der Waals surface area contributed by atoms with Crippen molar-refractivity contribution in [3.05, 3.63) is 179 Å². The van der Waals surface area contributed by atoms with Gasteiger partial charge in [-0.1, -0.05) is 146 Å². The fourth-order valence-electron chi connectivity index (χ4n) is 9.65. The third kappa shape index (κ3) is 2.29. The Hall–Kier alpha value is -5.01. The normalized spacial score (nSPS) is 24.9. The summed E-state index contributed by atoms with van der Waals surface area (Å²) in [4.78, 5) is 16.1. The highest BCUT2D eigenvalue weighted by Gasteiger charge is 2.78. The number of fused-ring (bicyclic) bond motifs is 15. The predicted molar refractivity (Wildman–Crippen MR) is 170 cm³/mol. The molecule has 10 rings (SSSR count). The molecular formula is C41H26O. The van der Waals surface area contributed by atoms with Gasteiger partial charge in [0.1, 0.15) is 0 Å². The van der Waals surface area contributed by atoms with E-state index in [-0.39, 0.29) is 11.8 Å². The molecular weight excluding hydrogens is 508 g/mol. The average Bonchev–Trinajstić information content (AvgIpc) is 3.61. The maximum Gasteiger partial charge on any atom is 0.164 e. The molecule has 0 N–H and O–H groups in total. The van der Waals surface area contributed by atoms with Gasteiger partial charge in [-0.25, -0.2) is 0 Å². The number of hydrogen-bond donors (Lipinski definition) is 0. The van der Waals surface area contributed by atoms with Crippen molar-refractivity contribution in [1.82, 2.24) is 0 Å². The van der Waals surface area contributed by atoms with Gasteiger partial charge in [-0.05, 0) is 65.7 Å². The molecule has 0 spiro atoms. The van der Waals surface area contributed by atoms with E-state index >= 15 is 4.79 Å². The summed E-state index contributed by atoms with van der Waals surface area (Å²) in [7, 11) is 0. The lowest BCUT2D eigenvalue weighted by molar-refractivity contribution is -0.123. The molecule has 7 aromatic rings. The zero-order chi connectivity index (χ0) is 27.6. The number of benzene rings is 7. The van der Waals surface area contributed by atoms with Gasteiger partial charge in [-0.2, -0.15) is 0 Å². The molecule has 0 aromatic heterocycles. The molecule has 42 heavy (non-hydrogen) atoms. The Balaban J connectivity index is 1.53. The summed E-state index contributed by atoms with van der Waals surface area (Å²) in [5, 5.41) is 7.43. The maximum absolute atomic E-state index is 16.1. The highest BCUT2D eigenvalue weighted by atomic mass is 16.1. The molecule has 1 saturated carbocycles. The minimum atomic E-state index is -0.825. The zero-order valence-electron chi connectivity index (χ0n) is 22.9. The molecule has 3 aliphatic rings. The third-order valence-electron chi connectivity index (χ3n) is 10.8. The van der Waals surface area contributed by atoms with Crippen LogP contribution >= 0.6 is 0 Å². The predicted octanol–water partition coefficient (Wildman–Crippen LogP) is 9.20. The summed E-state index contributed by atoms with van der Waals surface area (Å²) in [5.74, 6) is 0.307. The molecule has 7 aromatic carbocycles. The number of ketones is 1. The van der Waals surface area contributed by atoms with E-state index in [0.717, 1.165) is 11.1 Å². The summed E-state index contributed by atoms with van der Waals surface area (Å²) in [5.41, 5.74) is 5.60. The summed E-state index contributed by atoms with van der Waals surface area (Å²) < 4.78 is 0. The summed E-state index contributed by atoms with van der Waals surface area (Å²) in [6, 6.07) is 52.4. The average molecular weight is 535 g/mol. The molecule has 196 valence electrons. The Bertz CT molecular complexity index is 2130. The van der Waals surface area contributed by atoms with Crippen LogP contribution < -0.4 is 0 Å². The van der Waals surface area contributed by atoms with E-state index < -0.39 is 10.8 Å². The van der Waals surface area contributed by atoms with Crippen LogP contribution in [-0.4, -0.2) is 5.78 Å². The van der Waals surface area contributed by atoms with Crippen molar-refractivity contribution < 1.29 is 4.79 Å². The van der Waals surface area contributed by atoms with E-state index in [1.54, 1.807) is 0 Å². The van der Waals surface area contributed by atoms with E-state index in [4.69, 9.17) is 0 Å². The van der Waals surface area contributed by atoms with Crippen LogP contribution in [-0.2, 0) is 15.6 Å². The van der Waals surface area contributed by atoms with Crippen LogP contribution in [0.1, 0.15) is 45.2 Å². The minimum Gasteiger partial charge on any atom is -0.297 e. The van der Waals surface area contributed by atoms with Crippen molar-refractivity contribution in [2.45, 2.75) is 22.7 Å². The smallest absolute Gasteiger partial charge is 0.164 e. The molecule has 0 heterocycles. The molecule has 1 heteroatoms. The number of carbonyl (C=O) groups excluding carboxylic acids is 1. The topological polar surface area (TPSA) is 17.1 Å². The maximum atomic E-state index is 16.1. The molecule has 0 radical (unpaired) electrons. The van der Waals surface area contributed by atoms with Crippen molar-refractivity contribution >= 4 is 38.1 Å². The lowest BCUT2D eigenvalue weighted by Gasteiger charge is -2.42. The summed E-state index contributed by atoms with van der Waals surface area (Å²) in [6.07, 6.45) is 0. The summed E-state index contributed by atoms with van der Waals surface area (Å²) in [6.45, 7) is 0. The Morgan fingerprint density at radius 3 is 1.26 bits per heavy atom. The van der Waals surface area contributed by atoms with E-state index in [9.17, 15) is 0 Å². The molecule has 0 amide bonds. The monoisotopic (exact) mass is 534 g/mol. The first kappa shape index (κ1) is 22.7. The molecule has 4 atom stereocenters. The third-order valence-corrected chi connectivity index (χ3v) is 10.8. The Labute approximate surface area is 244 Å². The van der Waals surface area contributed by atoms with E-state index in [1.165, 1.54) is 54.6 Å². The van der Waals surface area contributed by atoms with Gasteiger partial charge in [0.2, 0.25) is 0 Å². The van der Waals surface area contributed by atoms with Gasteiger partial charge in [-0.15, -0.1) is 0 Å². The van der Waals surface area contributed by atoms with Gasteiger partial charge in [0.25, 0.3) is 0 Å². The van der Waals surface area contributed by atoms with Gasteiger partial charge in [0.15, 0.2) is 5.78 Å². The van der Waals surface area contributed by atoms with E-state index in [1.807, 2.05) is 0 Å². The van der Waals surface area contributed by atoms with Crippen LogP contribution in [0.15, 0.2) is 146 Å². The van der Waals surface area contributed by atoms with Gasteiger partial charge in [0, 0.05) is 11.8 Å². The number of Topliss-reactive ketones (excluding diaryl/α,β-unsaturated/α-hetero) is 1. The van der Waals surface area contributed by atoms with E-state index in [0.29, 0.717) is 5.78 Å². The number of carbonyl (C=O) groups is 1. The van der Waals surface area contributed by atoms with Gasteiger partial charge in [-0.3, -0.25) is 4.79 Å². The van der Waals surface area contributed by atoms with Gasteiger partial charge >= 0.3 is 0 Å². The van der Waals surface area contributed by atoms with Crippen molar-refractivity contribution in [2.24, 2.45) is 0 Å². The van der Waals surface area contributed by atoms with Crippen molar-refractivity contribution in [2.75, 3.05) is 0 Å². The fraction of sp³-hybridized carbons (Fsp3) is 0.0976. The van der Waals surface area contributed by atoms with Crippen molar-refractivity contribution in [1.29, 1.82) is 0 Å². The first-order chi connectivity index (χ1) is 20.8. The second-order valence-electron chi connectivity index (χ2n) is 12.3.